The van der Waals surface area contributed by atoms with E-state index in [-0.39, 0.29) is 6.04 Å². The summed E-state index contributed by atoms with van der Waals surface area (Å²) in [7, 11) is 0. The molecule has 2 aromatic rings. The molecule has 128 valence electrons. The molecule has 1 aliphatic rings. The van der Waals surface area contributed by atoms with Crippen molar-refractivity contribution in [2.45, 2.75) is 13.0 Å². The molecule has 0 saturated carbocycles. The Kier molecular flexibility index (Phi) is 5.98. The van der Waals surface area contributed by atoms with Crippen molar-refractivity contribution in [3.8, 4) is 0 Å². The minimum atomic E-state index is 0.197. The Morgan fingerprint density at radius 3 is 2.67 bits per heavy atom. The molecule has 6 nitrogen and oxygen atoms in total. The molecule has 1 atom stereocenters. The number of ether oxygens (including phenoxy) is 1. The number of hydrogen-bond donors (Lipinski definition) is 2. The fourth-order valence-electron chi connectivity index (χ4n) is 2.75. The normalized spacial score (nSPS) is 16.5. The van der Waals surface area contributed by atoms with Gasteiger partial charge in [0.2, 0.25) is 0 Å². The van der Waals surface area contributed by atoms with E-state index in [4.69, 9.17) is 4.74 Å². The van der Waals surface area contributed by atoms with Crippen molar-refractivity contribution in [3.05, 3.63) is 48.3 Å². The van der Waals surface area contributed by atoms with Gasteiger partial charge in [-0.15, -0.1) is 0 Å². The second-order valence-corrected chi connectivity index (χ2v) is 5.95. The van der Waals surface area contributed by atoms with E-state index >= 15 is 0 Å². The first-order valence-corrected chi connectivity index (χ1v) is 8.49. The molecular weight excluding hydrogens is 302 g/mol. The van der Waals surface area contributed by atoms with Gasteiger partial charge < -0.3 is 15.4 Å². The number of morpholine rings is 1. The van der Waals surface area contributed by atoms with Crippen LogP contribution in [0.3, 0.4) is 0 Å². The number of rotatable bonds is 7. The first-order valence-electron chi connectivity index (χ1n) is 8.49. The lowest BCUT2D eigenvalue weighted by Gasteiger charge is -2.26. The van der Waals surface area contributed by atoms with E-state index in [1.54, 1.807) is 6.33 Å². The monoisotopic (exact) mass is 327 g/mol. The summed E-state index contributed by atoms with van der Waals surface area (Å²) in [6.07, 6.45) is 1.59. The van der Waals surface area contributed by atoms with Gasteiger partial charge in [0.25, 0.3) is 0 Å². The van der Waals surface area contributed by atoms with Crippen molar-refractivity contribution in [1.82, 2.24) is 14.9 Å². The lowest BCUT2D eigenvalue weighted by atomic mass is 10.1. The third kappa shape index (κ3) is 4.91. The van der Waals surface area contributed by atoms with Gasteiger partial charge in [-0.3, -0.25) is 4.90 Å². The van der Waals surface area contributed by atoms with E-state index in [9.17, 15) is 0 Å². The average molecular weight is 327 g/mol. The summed E-state index contributed by atoms with van der Waals surface area (Å²) in [4.78, 5) is 11.0. The molecule has 1 saturated heterocycles. The van der Waals surface area contributed by atoms with Gasteiger partial charge >= 0.3 is 0 Å². The number of anilines is 2. The summed E-state index contributed by atoms with van der Waals surface area (Å²) in [6.45, 7) is 7.67. The second kappa shape index (κ2) is 8.61. The van der Waals surface area contributed by atoms with Gasteiger partial charge in [-0.1, -0.05) is 30.3 Å². The third-order valence-electron chi connectivity index (χ3n) is 4.17. The minimum absolute atomic E-state index is 0.197. The molecule has 2 N–H and O–H groups in total. The highest BCUT2D eigenvalue weighted by atomic mass is 16.5. The van der Waals surface area contributed by atoms with E-state index in [1.807, 2.05) is 24.3 Å². The van der Waals surface area contributed by atoms with Crippen molar-refractivity contribution >= 4 is 11.6 Å². The highest BCUT2D eigenvalue weighted by molar-refractivity contribution is 5.47. The molecule has 0 radical (unpaired) electrons. The van der Waals surface area contributed by atoms with Crippen molar-refractivity contribution < 1.29 is 4.74 Å². The molecule has 3 rings (SSSR count). The van der Waals surface area contributed by atoms with Gasteiger partial charge in [0.15, 0.2) is 0 Å². The van der Waals surface area contributed by atoms with Gasteiger partial charge in [0, 0.05) is 38.3 Å². The van der Waals surface area contributed by atoms with Crippen molar-refractivity contribution in [2.75, 3.05) is 50.0 Å². The van der Waals surface area contributed by atoms with E-state index in [0.29, 0.717) is 0 Å². The summed E-state index contributed by atoms with van der Waals surface area (Å²) in [5.41, 5.74) is 1.23. The number of nitrogens with zero attached hydrogens (tertiary/aromatic N) is 3. The summed E-state index contributed by atoms with van der Waals surface area (Å²) in [5.74, 6) is 1.68. The molecule has 1 fully saturated rings. The van der Waals surface area contributed by atoms with E-state index in [0.717, 1.165) is 51.0 Å². The summed E-state index contributed by atoms with van der Waals surface area (Å²) in [5, 5.41) is 6.79. The predicted octanol–water partition coefficient (Wildman–Crippen LogP) is 2.39. The minimum Gasteiger partial charge on any atom is -0.379 e. The third-order valence-corrected chi connectivity index (χ3v) is 4.17. The quantitative estimate of drug-likeness (QED) is 0.814. The first-order chi connectivity index (χ1) is 11.8. The molecule has 1 unspecified atom stereocenters. The summed E-state index contributed by atoms with van der Waals surface area (Å²) < 4.78 is 5.36. The van der Waals surface area contributed by atoms with Crippen LogP contribution in [0, 0.1) is 0 Å². The van der Waals surface area contributed by atoms with E-state index < -0.39 is 0 Å². The summed E-state index contributed by atoms with van der Waals surface area (Å²) in [6, 6.07) is 12.5. The van der Waals surface area contributed by atoms with Gasteiger partial charge in [-0.25, -0.2) is 9.97 Å². The van der Waals surface area contributed by atoms with Crippen molar-refractivity contribution in [3.63, 3.8) is 0 Å². The fourth-order valence-corrected chi connectivity index (χ4v) is 2.75. The van der Waals surface area contributed by atoms with Gasteiger partial charge in [-0.05, 0) is 12.5 Å². The maximum atomic E-state index is 5.36. The maximum Gasteiger partial charge on any atom is 0.131 e. The highest BCUT2D eigenvalue weighted by Crippen LogP contribution is 2.18. The van der Waals surface area contributed by atoms with E-state index in [2.05, 4.69) is 44.6 Å². The molecule has 1 aliphatic heterocycles. The molecule has 2 heterocycles. The van der Waals surface area contributed by atoms with Crippen LogP contribution in [0.4, 0.5) is 11.6 Å². The van der Waals surface area contributed by atoms with Crippen LogP contribution in [-0.4, -0.2) is 54.3 Å². The van der Waals surface area contributed by atoms with Crippen LogP contribution in [0.15, 0.2) is 42.7 Å². The molecule has 0 amide bonds. The molecule has 0 spiro atoms. The second-order valence-electron chi connectivity index (χ2n) is 5.95. The van der Waals surface area contributed by atoms with Crippen LogP contribution in [-0.2, 0) is 4.74 Å². The number of aromatic nitrogens is 2. The number of nitrogens with one attached hydrogen (secondary N) is 2. The largest absolute Gasteiger partial charge is 0.379 e. The number of hydrogen-bond acceptors (Lipinski definition) is 6. The van der Waals surface area contributed by atoms with Gasteiger partial charge in [0.05, 0.1) is 13.2 Å². The van der Waals surface area contributed by atoms with Crippen LogP contribution >= 0.6 is 0 Å². The van der Waals surface area contributed by atoms with Gasteiger partial charge in [0.1, 0.15) is 18.0 Å². The Morgan fingerprint density at radius 2 is 1.88 bits per heavy atom. The van der Waals surface area contributed by atoms with Crippen molar-refractivity contribution in [2.24, 2.45) is 0 Å². The fraction of sp³-hybridized carbons (Fsp3) is 0.444. The molecule has 1 aromatic heterocycles. The zero-order valence-corrected chi connectivity index (χ0v) is 14.1. The van der Waals surface area contributed by atoms with Crippen molar-refractivity contribution in [1.29, 1.82) is 0 Å². The van der Waals surface area contributed by atoms with Crippen LogP contribution in [0.2, 0.25) is 0 Å². The Balaban J connectivity index is 1.50. The topological polar surface area (TPSA) is 62.3 Å². The van der Waals surface area contributed by atoms with Crippen LogP contribution in [0.25, 0.3) is 0 Å². The zero-order valence-electron chi connectivity index (χ0n) is 14.1. The number of benzene rings is 1. The molecule has 24 heavy (non-hydrogen) atoms. The van der Waals surface area contributed by atoms with Gasteiger partial charge in [-0.2, -0.15) is 0 Å². The Bertz CT molecular complexity index is 616. The Labute approximate surface area is 143 Å². The maximum absolute atomic E-state index is 5.36. The lowest BCUT2D eigenvalue weighted by Crippen LogP contribution is -2.39. The molecule has 0 bridgehead atoms. The molecule has 0 aliphatic carbocycles. The highest BCUT2D eigenvalue weighted by Gasteiger charge is 2.10. The standard InChI is InChI=1S/C18H25N5O/c1-15(16-5-3-2-4-6-16)22-18-13-17(20-14-21-18)19-7-8-23-9-11-24-12-10-23/h2-6,13-15H,7-12H2,1H3,(H2,19,20,21,22). The van der Waals surface area contributed by atoms with Crippen LogP contribution in [0.1, 0.15) is 18.5 Å². The van der Waals surface area contributed by atoms with E-state index in [1.165, 1.54) is 5.56 Å². The first kappa shape index (κ1) is 16.7. The SMILES string of the molecule is CC(Nc1cc(NCCN2CCOCC2)ncn1)c1ccccc1. The predicted molar refractivity (Wildman–Crippen MR) is 96.3 cm³/mol. The van der Waals surface area contributed by atoms with Crippen LogP contribution in [0.5, 0.6) is 0 Å². The molecular formula is C18H25N5O. The average Bonchev–Trinajstić information content (AvgIpc) is 2.64. The molecule has 1 aromatic carbocycles. The smallest absolute Gasteiger partial charge is 0.131 e. The molecule has 6 heteroatoms. The Hall–Kier alpha value is -2.18. The summed E-state index contributed by atoms with van der Waals surface area (Å²) >= 11 is 0. The Morgan fingerprint density at radius 1 is 1.12 bits per heavy atom. The zero-order chi connectivity index (χ0) is 16.6. The van der Waals surface area contributed by atoms with Crippen LogP contribution < -0.4 is 10.6 Å². The lowest BCUT2D eigenvalue weighted by molar-refractivity contribution is 0.0398.